The number of aliphatic hydroxyl groups excluding tert-OH is 1. The quantitative estimate of drug-likeness (QED) is 0.745. The fourth-order valence-corrected chi connectivity index (χ4v) is 2.08. The van der Waals surface area contributed by atoms with E-state index in [1.807, 2.05) is 6.07 Å². The molecular weight excluding hydrogens is 174 g/mol. The maximum Gasteiger partial charge on any atom is 0.0704 e. The third-order valence-corrected chi connectivity index (χ3v) is 3.03. The predicted molar refractivity (Wildman–Crippen MR) is 57.1 cm³/mol. The molecule has 2 heteroatoms. The van der Waals surface area contributed by atoms with Crippen LogP contribution >= 0.6 is 0 Å². The van der Waals surface area contributed by atoms with Gasteiger partial charge in [0.2, 0.25) is 0 Å². The van der Waals surface area contributed by atoms with Gasteiger partial charge in [0.05, 0.1) is 12.1 Å². The number of aliphatic hydroxyl groups is 1. The minimum absolute atomic E-state index is 0.249. The molecule has 2 rings (SSSR count). The molecule has 14 heavy (non-hydrogen) atoms. The van der Waals surface area contributed by atoms with Crippen molar-refractivity contribution in [1.29, 1.82) is 0 Å². The molecule has 2 nitrogen and oxygen atoms in total. The summed E-state index contributed by atoms with van der Waals surface area (Å²) in [4.78, 5) is 0. The molecule has 0 heterocycles. The Kier molecular flexibility index (Phi) is 2.57. The molecule has 76 valence electrons. The summed E-state index contributed by atoms with van der Waals surface area (Å²) in [5.41, 5.74) is 9.80. The van der Waals surface area contributed by atoms with Gasteiger partial charge in [0.15, 0.2) is 0 Å². The lowest BCUT2D eigenvalue weighted by Crippen LogP contribution is -2.23. The number of nitrogens with two attached hydrogens (primary N) is 1. The van der Waals surface area contributed by atoms with Crippen LogP contribution in [-0.4, -0.2) is 11.2 Å². The Hall–Kier alpha value is -0.860. The van der Waals surface area contributed by atoms with Gasteiger partial charge in [-0.2, -0.15) is 0 Å². The van der Waals surface area contributed by atoms with Gasteiger partial charge in [-0.3, -0.25) is 0 Å². The van der Waals surface area contributed by atoms with Gasteiger partial charge in [-0.05, 0) is 42.9 Å². The number of benzene rings is 1. The number of hydrogen-bond acceptors (Lipinski definition) is 2. The lowest BCUT2D eigenvalue weighted by atomic mass is 9.99. The molecule has 0 bridgehead atoms. The highest BCUT2D eigenvalue weighted by Crippen LogP contribution is 2.25. The van der Waals surface area contributed by atoms with Crippen LogP contribution in [0.5, 0.6) is 0 Å². The summed E-state index contributed by atoms with van der Waals surface area (Å²) in [6, 6.07) is 6.10. The Labute approximate surface area is 84.7 Å². The monoisotopic (exact) mass is 191 g/mol. The molecule has 0 aliphatic heterocycles. The van der Waals surface area contributed by atoms with Crippen molar-refractivity contribution in [3.8, 4) is 0 Å². The van der Waals surface area contributed by atoms with Crippen molar-refractivity contribution in [3.05, 3.63) is 34.9 Å². The Morgan fingerprint density at radius 3 is 2.71 bits per heavy atom. The summed E-state index contributed by atoms with van der Waals surface area (Å²) in [6.45, 7) is 1.73. The summed E-state index contributed by atoms with van der Waals surface area (Å²) < 4.78 is 0. The highest BCUT2D eigenvalue weighted by atomic mass is 16.3. The van der Waals surface area contributed by atoms with Crippen LogP contribution in [0, 0.1) is 0 Å². The first-order valence-electron chi connectivity index (χ1n) is 5.24. The van der Waals surface area contributed by atoms with Crippen LogP contribution in [0.4, 0.5) is 0 Å². The van der Waals surface area contributed by atoms with Crippen LogP contribution in [0.1, 0.15) is 36.1 Å². The minimum atomic E-state index is -0.477. The first-order chi connectivity index (χ1) is 6.68. The van der Waals surface area contributed by atoms with Crippen molar-refractivity contribution in [1.82, 2.24) is 0 Å². The van der Waals surface area contributed by atoms with Gasteiger partial charge in [0, 0.05) is 0 Å². The molecule has 0 aromatic heterocycles. The van der Waals surface area contributed by atoms with E-state index in [0.29, 0.717) is 0 Å². The van der Waals surface area contributed by atoms with Gasteiger partial charge in [-0.25, -0.2) is 0 Å². The second-order valence-electron chi connectivity index (χ2n) is 4.15. The summed E-state index contributed by atoms with van der Waals surface area (Å²) in [7, 11) is 0. The number of aryl methyl sites for hydroxylation is 2. The highest BCUT2D eigenvalue weighted by Gasteiger charge is 2.16. The van der Waals surface area contributed by atoms with Crippen molar-refractivity contribution in [2.24, 2.45) is 5.73 Å². The minimum Gasteiger partial charge on any atom is -0.391 e. The van der Waals surface area contributed by atoms with Crippen molar-refractivity contribution >= 4 is 0 Å². The molecule has 1 aliphatic carbocycles. The first kappa shape index (κ1) is 9.69. The maximum atomic E-state index is 9.40. The average Bonchev–Trinajstić information content (AvgIpc) is 2.62. The second kappa shape index (κ2) is 3.71. The van der Waals surface area contributed by atoms with Crippen molar-refractivity contribution < 1.29 is 5.11 Å². The molecule has 0 saturated carbocycles. The molecule has 3 N–H and O–H groups in total. The second-order valence-corrected chi connectivity index (χ2v) is 4.15. The SMILES string of the molecule is C[C@H](O)[C@@H](N)c1ccc2c(c1)CCC2. The van der Waals surface area contributed by atoms with Gasteiger partial charge >= 0.3 is 0 Å². The molecule has 1 aromatic rings. The Balaban J connectivity index is 2.28. The maximum absolute atomic E-state index is 9.40. The van der Waals surface area contributed by atoms with Crippen LogP contribution in [-0.2, 0) is 12.8 Å². The third-order valence-electron chi connectivity index (χ3n) is 3.03. The van der Waals surface area contributed by atoms with E-state index in [-0.39, 0.29) is 6.04 Å². The Morgan fingerprint density at radius 2 is 2.00 bits per heavy atom. The topological polar surface area (TPSA) is 46.2 Å². The van der Waals surface area contributed by atoms with E-state index in [0.717, 1.165) is 12.0 Å². The predicted octanol–water partition coefficient (Wildman–Crippen LogP) is 1.56. The van der Waals surface area contributed by atoms with E-state index in [4.69, 9.17) is 5.73 Å². The zero-order chi connectivity index (χ0) is 10.1. The fraction of sp³-hybridized carbons (Fsp3) is 0.500. The molecule has 1 aliphatic rings. The van der Waals surface area contributed by atoms with Crippen LogP contribution in [0.25, 0.3) is 0 Å². The Morgan fingerprint density at radius 1 is 1.29 bits per heavy atom. The Bertz CT molecular complexity index is 333. The van der Waals surface area contributed by atoms with Crippen LogP contribution < -0.4 is 5.73 Å². The molecule has 0 amide bonds. The molecular formula is C12H17NO. The third kappa shape index (κ3) is 1.68. The normalized spacial score (nSPS) is 19.1. The van der Waals surface area contributed by atoms with E-state index in [1.165, 1.54) is 24.0 Å². The van der Waals surface area contributed by atoms with E-state index >= 15 is 0 Å². The van der Waals surface area contributed by atoms with Gasteiger partial charge < -0.3 is 10.8 Å². The van der Waals surface area contributed by atoms with Gasteiger partial charge in [-0.15, -0.1) is 0 Å². The molecule has 0 radical (unpaired) electrons. The lowest BCUT2D eigenvalue weighted by molar-refractivity contribution is 0.164. The van der Waals surface area contributed by atoms with Gasteiger partial charge in [0.25, 0.3) is 0 Å². The fourth-order valence-electron chi connectivity index (χ4n) is 2.08. The van der Waals surface area contributed by atoms with E-state index in [2.05, 4.69) is 12.1 Å². The number of fused-ring (bicyclic) bond motifs is 1. The van der Waals surface area contributed by atoms with Crippen LogP contribution in [0.3, 0.4) is 0 Å². The summed E-state index contributed by atoms with van der Waals surface area (Å²) >= 11 is 0. The molecule has 2 atom stereocenters. The average molecular weight is 191 g/mol. The largest absolute Gasteiger partial charge is 0.391 e. The zero-order valence-electron chi connectivity index (χ0n) is 8.53. The summed E-state index contributed by atoms with van der Waals surface area (Å²) in [5.74, 6) is 0. The van der Waals surface area contributed by atoms with E-state index in [9.17, 15) is 5.11 Å². The highest BCUT2D eigenvalue weighted by molar-refractivity contribution is 5.36. The standard InChI is InChI=1S/C12H17NO/c1-8(14)12(13)11-6-5-9-3-2-4-10(9)7-11/h5-8,12,14H,2-4,13H2,1H3/t8-,12+/m0/s1. The van der Waals surface area contributed by atoms with Crippen molar-refractivity contribution in [2.45, 2.75) is 38.3 Å². The molecule has 0 spiro atoms. The van der Waals surface area contributed by atoms with Crippen LogP contribution in [0.2, 0.25) is 0 Å². The number of hydrogen-bond donors (Lipinski definition) is 2. The smallest absolute Gasteiger partial charge is 0.0704 e. The molecule has 0 saturated heterocycles. The van der Waals surface area contributed by atoms with Crippen molar-refractivity contribution in [2.75, 3.05) is 0 Å². The lowest BCUT2D eigenvalue weighted by Gasteiger charge is -2.16. The van der Waals surface area contributed by atoms with Gasteiger partial charge in [-0.1, -0.05) is 18.2 Å². The molecule has 1 aromatic carbocycles. The van der Waals surface area contributed by atoms with Crippen LogP contribution in [0.15, 0.2) is 18.2 Å². The van der Waals surface area contributed by atoms with E-state index < -0.39 is 6.10 Å². The summed E-state index contributed by atoms with van der Waals surface area (Å²) in [6.07, 6.45) is 3.13. The van der Waals surface area contributed by atoms with Gasteiger partial charge in [0.1, 0.15) is 0 Å². The first-order valence-corrected chi connectivity index (χ1v) is 5.24. The molecule has 0 unspecified atom stereocenters. The number of rotatable bonds is 2. The molecule has 0 fully saturated rings. The summed E-state index contributed by atoms with van der Waals surface area (Å²) in [5, 5.41) is 9.40. The van der Waals surface area contributed by atoms with E-state index in [1.54, 1.807) is 6.92 Å². The van der Waals surface area contributed by atoms with Crippen molar-refractivity contribution in [3.63, 3.8) is 0 Å². The zero-order valence-corrected chi connectivity index (χ0v) is 8.53.